The Hall–Kier alpha value is -1.31. The molecule has 1 aromatic rings. The normalized spacial score (nSPS) is 21.1. The molecule has 0 spiro atoms. The first kappa shape index (κ1) is 19.0. The van der Waals surface area contributed by atoms with Crippen LogP contribution < -0.4 is 0 Å². The Kier molecular flexibility index (Phi) is 8.35. The molecule has 0 bridgehead atoms. The number of carbonyl (C=O) groups is 1. The highest BCUT2D eigenvalue weighted by Gasteiger charge is 2.22. The quantitative estimate of drug-likeness (QED) is 0.575. The van der Waals surface area contributed by atoms with Crippen molar-refractivity contribution in [3.05, 3.63) is 11.9 Å². The van der Waals surface area contributed by atoms with Crippen molar-refractivity contribution in [2.45, 2.75) is 70.8 Å². The highest BCUT2D eigenvalue weighted by atomic mass is 16.5. The van der Waals surface area contributed by atoms with Crippen LogP contribution in [0.15, 0.2) is 6.20 Å². The second-order valence-electron chi connectivity index (χ2n) is 6.38. The van der Waals surface area contributed by atoms with Crippen molar-refractivity contribution >= 4 is 5.78 Å². The summed E-state index contributed by atoms with van der Waals surface area (Å²) < 4.78 is 18.6. The van der Waals surface area contributed by atoms with Crippen LogP contribution in [0.2, 0.25) is 0 Å². The molecule has 2 rings (SSSR count). The van der Waals surface area contributed by atoms with Gasteiger partial charge in [-0.2, -0.15) is 0 Å². The summed E-state index contributed by atoms with van der Waals surface area (Å²) in [5.74, 6) is 0.258. The molecule has 1 aromatic heterocycles. The van der Waals surface area contributed by atoms with Gasteiger partial charge in [-0.3, -0.25) is 4.68 Å². The van der Waals surface area contributed by atoms with Crippen molar-refractivity contribution in [3.8, 4) is 0 Å². The van der Waals surface area contributed by atoms with E-state index in [2.05, 4.69) is 10.3 Å². The molecule has 7 heteroatoms. The maximum Gasteiger partial charge on any atom is 0.129 e. The standard InChI is InChI=1S/C17H29N3O4/c1-14(21)6-4-3-5-8-20-11-15(18-19-20)12-23-13-17-10-16(22-2)7-9-24-17/h11,16-17H,3-10,12-13H2,1-2H3/t16-,17+/m0/s1. The highest BCUT2D eigenvalue weighted by Crippen LogP contribution is 2.16. The number of hydrogen-bond donors (Lipinski definition) is 0. The van der Waals surface area contributed by atoms with E-state index < -0.39 is 0 Å². The van der Waals surface area contributed by atoms with Crippen LogP contribution in [0.1, 0.15) is 51.1 Å². The molecule has 0 amide bonds. The lowest BCUT2D eigenvalue weighted by molar-refractivity contribution is -0.117. The first-order valence-corrected chi connectivity index (χ1v) is 8.78. The van der Waals surface area contributed by atoms with Crippen LogP contribution in [0.25, 0.3) is 0 Å². The molecular weight excluding hydrogens is 310 g/mol. The number of ketones is 1. The second-order valence-corrected chi connectivity index (χ2v) is 6.38. The minimum Gasteiger partial charge on any atom is -0.381 e. The Bertz CT molecular complexity index is 492. The Balaban J connectivity index is 1.58. The van der Waals surface area contributed by atoms with E-state index in [1.165, 1.54) is 0 Å². The van der Waals surface area contributed by atoms with Crippen LogP contribution in [0, 0.1) is 0 Å². The van der Waals surface area contributed by atoms with E-state index in [9.17, 15) is 4.79 Å². The summed E-state index contributed by atoms with van der Waals surface area (Å²) in [4.78, 5) is 10.9. The Morgan fingerprint density at radius 3 is 3.08 bits per heavy atom. The minimum absolute atomic E-state index is 0.0972. The molecule has 0 N–H and O–H groups in total. The summed E-state index contributed by atoms with van der Waals surface area (Å²) in [5.41, 5.74) is 0.831. The summed E-state index contributed by atoms with van der Waals surface area (Å²) in [6, 6.07) is 0. The van der Waals surface area contributed by atoms with Crippen molar-refractivity contribution < 1.29 is 19.0 Å². The fourth-order valence-corrected chi connectivity index (χ4v) is 2.81. The van der Waals surface area contributed by atoms with Crippen molar-refractivity contribution in [1.29, 1.82) is 0 Å². The number of aryl methyl sites for hydroxylation is 1. The Morgan fingerprint density at radius 1 is 1.42 bits per heavy atom. The summed E-state index contributed by atoms with van der Waals surface area (Å²) in [7, 11) is 1.74. The van der Waals surface area contributed by atoms with E-state index in [1.54, 1.807) is 14.0 Å². The second kappa shape index (κ2) is 10.5. The van der Waals surface area contributed by atoms with Crippen LogP contribution in [-0.4, -0.2) is 53.3 Å². The minimum atomic E-state index is 0.0972. The number of unbranched alkanes of at least 4 members (excludes halogenated alkanes) is 2. The van der Waals surface area contributed by atoms with Crippen molar-refractivity contribution in [3.63, 3.8) is 0 Å². The highest BCUT2D eigenvalue weighted by molar-refractivity contribution is 5.75. The van der Waals surface area contributed by atoms with Gasteiger partial charge in [-0.05, 0) is 26.2 Å². The third-order valence-corrected chi connectivity index (χ3v) is 4.21. The summed E-state index contributed by atoms with van der Waals surface area (Å²) in [5, 5.41) is 8.23. The predicted octanol–water partition coefficient (Wildman–Crippen LogP) is 2.14. The molecule has 24 heavy (non-hydrogen) atoms. The van der Waals surface area contributed by atoms with Gasteiger partial charge in [-0.15, -0.1) is 5.10 Å². The number of ether oxygens (including phenoxy) is 3. The van der Waals surface area contributed by atoms with Crippen LogP contribution in [0.3, 0.4) is 0 Å². The van der Waals surface area contributed by atoms with Crippen LogP contribution in [0.4, 0.5) is 0 Å². The third-order valence-electron chi connectivity index (χ3n) is 4.21. The number of carbonyl (C=O) groups excluding carboxylic acids is 1. The zero-order valence-electron chi connectivity index (χ0n) is 14.8. The zero-order valence-corrected chi connectivity index (χ0v) is 14.8. The average molecular weight is 339 g/mol. The molecule has 2 heterocycles. The number of Topliss-reactive ketones (excluding diaryl/α,β-unsaturated/α-hetero) is 1. The van der Waals surface area contributed by atoms with Gasteiger partial charge in [0.05, 0.1) is 31.6 Å². The van der Waals surface area contributed by atoms with Gasteiger partial charge in [0, 0.05) is 33.1 Å². The van der Waals surface area contributed by atoms with Crippen molar-refractivity contribution in [2.75, 3.05) is 20.3 Å². The molecule has 1 fully saturated rings. The molecule has 1 saturated heterocycles. The molecule has 1 aliphatic heterocycles. The number of nitrogens with zero attached hydrogens (tertiary/aromatic N) is 3. The summed E-state index contributed by atoms with van der Waals surface area (Å²) >= 11 is 0. The summed E-state index contributed by atoms with van der Waals surface area (Å²) in [6.45, 7) is 4.19. The predicted molar refractivity (Wildman–Crippen MR) is 88.6 cm³/mol. The molecule has 136 valence electrons. The average Bonchev–Trinajstić information content (AvgIpc) is 3.02. The molecule has 7 nitrogen and oxygen atoms in total. The molecular formula is C17H29N3O4. The summed E-state index contributed by atoms with van der Waals surface area (Å²) in [6.07, 6.45) is 7.78. The molecule has 0 radical (unpaired) electrons. The topological polar surface area (TPSA) is 75.5 Å². The maximum atomic E-state index is 10.9. The van der Waals surface area contributed by atoms with Gasteiger partial charge < -0.3 is 19.0 Å². The maximum absolute atomic E-state index is 10.9. The first-order valence-electron chi connectivity index (χ1n) is 8.78. The van der Waals surface area contributed by atoms with E-state index in [4.69, 9.17) is 14.2 Å². The zero-order chi connectivity index (χ0) is 17.2. The van der Waals surface area contributed by atoms with E-state index in [0.717, 1.165) is 50.9 Å². The lowest BCUT2D eigenvalue weighted by atomic mass is 10.1. The Morgan fingerprint density at radius 2 is 2.29 bits per heavy atom. The molecule has 0 saturated carbocycles. The number of aromatic nitrogens is 3. The lowest BCUT2D eigenvalue weighted by Gasteiger charge is -2.28. The third kappa shape index (κ3) is 7.07. The van der Waals surface area contributed by atoms with Gasteiger partial charge in [-0.1, -0.05) is 11.6 Å². The van der Waals surface area contributed by atoms with Gasteiger partial charge in [-0.25, -0.2) is 0 Å². The largest absolute Gasteiger partial charge is 0.381 e. The van der Waals surface area contributed by atoms with Crippen molar-refractivity contribution in [2.24, 2.45) is 0 Å². The smallest absolute Gasteiger partial charge is 0.129 e. The first-order chi connectivity index (χ1) is 11.7. The molecule has 0 unspecified atom stereocenters. The van der Waals surface area contributed by atoms with Gasteiger partial charge in [0.25, 0.3) is 0 Å². The fourth-order valence-electron chi connectivity index (χ4n) is 2.81. The monoisotopic (exact) mass is 339 g/mol. The van der Waals surface area contributed by atoms with Crippen molar-refractivity contribution in [1.82, 2.24) is 15.0 Å². The molecule has 1 aliphatic rings. The lowest BCUT2D eigenvalue weighted by Crippen LogP contribution is -2.33. The van der Waals surface area contributed by atoms with E-state index >= 15 is 0 Å². The van der Waals surface area contributed by atoms with Crippen LogP contribution >= 0.6 is 0 Å². The van der Waals surface area contributed by atoms with E-state index in [-0.39, 0.29) is 18.0 Å². The SMILES string of the molecule is CO[C@H]1CCO[C@@H](COCc2cn(CCCCCC(C)=O)nn2)C1. The molecule has 0 aromatic carbocycles. The van der Waals surface area contributed by atoms with Gasteiger partial charge in [0.1, 0.15) is 11.5 Å². The van der Waals surface area contributed by atoms with Gasteiger partial charge >= 0.3 is 0 Å². The van der Waals surface area contributed by atoms with Gasteiger partial charge in [0.2, 0.25) is 0 Å². The molecule has 0 aliphatic carbocycles. The van der Waals surface area contributed by atoms with E-state index in [1.807, 2.05) is 10.9 Å². The van der Waals surface area contributed by atoms with Gasteiger partial charge in [0.15, 0.2) is 0 Å². The molecule has 2 atom stereocenters. The number of methoxy groups -OCH3 is 1. The van der Waals surface area contributed by atoms with E-state index in [0.29, 0.717) is 19.6 Å². The Labute approximate surface area is 143 Å². The van der Waals surface area contributed by atoms with Crippen LogP contribution in [0.5, 0.6) is 0 Å². The number of rotatable bonds is 11. The number of hydrogen-bond acceptors (Lipinski definition) is 6. The van der Waals surface area contributed by atoms with Crippen LogP contribution in [-0.2, 0) is 32.2 Å². The fraction of sp³-hybridized carbons (Fsp3) is 0.824.